The molecule has 1 fully saturated rings. The molecule has 29 heavy (non-hydrogen) atoms. The predicted octanol–water partition coefficient (Wildman–Crippen LogP) is 5.02. The average Bonchev–Trinajstić information content (AvgIpc) is 3.18. The Bertz CT molecular complexity index is 1010. The minimum atomic E-state index is -0.389. The van der Waals surface area contributed by atoms with Crippen LogP contribution in [0.25, 0.3) is 11.4 Å². The van der Waals surface area contributed by atoms with E-state index < -0.39 is 0 Å². The minimum Gasteiger partial charge on any atom is -0.339 e. The van der Waals surface area contributed by atoms with Gasteiger partial charge in [-0.15, -0.1) is 0 Å². The van der Waals surface area contributed by atoms with Crippen LogP contribution in [0.4, 0.5) is 14.9 Å². The van der Waals surface area contributed by atoms with Crippen molar-refractivity contribution in [1.82, 2.24) is 15.0 Å². The number of amides is 2. The van der Waals surface area contributed by atoms with Crippen LogP contribution in [0.15, 0.2) is 53.1 Å². The number of nitrogens with one attached hydrogen (secondary N) is 1. The first-order chi connectivity index (χ1) is 14.1. The van der Waals surface area contributed by atoms with Gasteiger partial charge in [-0.1, -0.05) is 41.0 Å². The van der Waals surface area contributed by atoms with Crippen molar-refractivity contribution in [2.75, 3.05) is 18.4 Å². The number of hydrogen-bond donors (Lipinski definition) is 1. The zero-order valence-electron chi connectivity index (χ0n) is 15.6. The van der Waals surface area contributed by atoms with E-state index >= 15 is 0 Å². The van der Waals surface area contributed by atoms with Crippen LogP contribution in [-0.4, -0.2) is 34.2 Å². The summed E-state index contributed by atoms with van der Waals surface area (Å²) in [5.74, 6) is 0.485. The van der Waals surface area contributed by atoms with E-state index in [1.54, 1.807) is 35.2 Å². The fourth-order valence-corrected chi connectivity index (χ4v) is 3.69. The van der Waals surface area contributed by atoms with Crippen LogP contribution in [0.1, 0.15) is 18.7 Å². The molecule has 2 aromatic carbocycles. The first-order valence-electron chi connectivity index (χ1n) is 9.48. The summed E-state index contributed by atoms with van der Waals surface area (Å²) >= 11 is 6.12. The van der Waals surface area contributed by atoms with Gasteiger partial charge in [0.1, 0.15) is 5.82 Å². The molecule has 1 aliphatic heterocycles. The fraction of sp³-hybridized carbons (Fsp3) is 0.286. The minimum absolute atomic E-state index is 0.180. The Morgan fingerprint density at radius 3 is 2.86 bits per heavy atom. The van der Waals surface area contributed by atoms with Crippen LogP contribution in [0.3, 0.4) is 0 Å². The molecule has 6 nitrogen and oxygen atoms in total. The highest BCUT2D eigenvalue weighted by Crippen LogP contribution is 2.25. The first-order valence-corrected chi connectivity index (χ1v) is 9.86. The van der Waals surface area contributed by atoms with Gasteiger partial charge in [0, 0.05) is 19.5 Å². The maximum atomic E-state index is 13.9. The van der Waals surface area contributed by atoms with Crippen LogP contribution in [0, 0.1) is 11.7 Å². The van der Waals surface area contributed by atoms with E-state index in [2.05, 4.69) is 15.5 Å². The number of nitrogens with zero attached hydrogens (tertiary/aromatic N) is 3. The predicted molar refractivity (Wildman–Crippen MR) is 108 cm³/mol. The van der Waals surface area contributed by atoms with Crippen molar-refractivity contribution in [2.24, 2.45) is 5.92 Å². The Hall–Kier alpha value is -2.93. The van der Waals surface area contributed by atoms with Crippen molar-refractivity contribution >= 4 is 23.3 Å². The molecule has 0 bridgehead atoms. The lowest BCUT2D eigenvalue weighted by molar-refractivity contribution is 0.173. The Morgan fingerprint density at radius 2 is 2.03 bits per heavy atom. The molecule has 0 spiro atoms. The standard InChI is InChI=1S/C21H20ClFN4O2/c22-16-8-2-4-10-18(16)24-21(28)27-11-5-6-14(13-27)12-19-25-20(26-29-19)15-7-1-3-9-17(15)23/h1-4,7-10,14H,5-6,11-13H2,(H,24,28). The number of piperidine rings is 1. The van der Waals surface area contributed by atoms with Gasteiger partial charge >= 0.3 is 6.03 Å². The molecule has 4 rings (SSSR count). The van der Waals surface area contributed by atoms with Gasteiger partial charge < -0.3 is 14.7 Å². The molecule has 3 aromatic rings. The molecule has 1 aliphatic rings. The van der Waals surface area contributed by atoms with Crippen LogP contribution in [0.5, 0.6) is 0 Å². The molecule has 0 radical (unpaired) electrons. The third-order valence-electron chi connectivity index (χ3n) is 4.97. The molecule has 2 heterocycles. The number of anilines is 1. The number of benzene rings is 2. The summed E-state index contributed by atoms with van der Waals surface area (Å²) < 4.78 is 19.2. The van der Waals surface area contributed by atoms with E-state index in [0.717, 1.165) is 12.8 Å². The van der Waals surface area contributed by atoms with E-state index in [9.17, 15) is 9.18 Å². The number of likely N-dealkylation sites (tertiary alicyclic amines) is 1. The summed E-state index contributed by atoms with van der Waals surface area (Å²) in [7, 11) is 0. The summed E-state index contributed by atoms with van der Waals surface area (Å²) in [4.78, 5) is 18.7. The number of aromatic nitrogens is 2. The van der Waals surface area contributed by atoms with Crippen molar-refractivity contribution in [3.63, 3.8) is 0 Å². The van der Waals surface area contributed by atoms with Gasteiger partial charge in [0.05, 0.1) is 16.3 Å². The van der Waals surface area contributed by atoms with E-state index in [4.69, 9.17) is 16.1 Å². The third-order valence-corrected chi connectivity index (χ3v) is 5.30. The molecule has 0 saturated carbocycles. The van der Waals surface area contributed by atoms with Crippen molar-refractivity contribution in [3.8, 4) is 11.4 Å². The van der Waals surface area contributed by atoms with Gasteiger partial charge in [0.15, 0.2) is 0 Å². The van der Waals surface area contributed by atoms with Crippen molar-refractivity contribution in [1.29, 1.82) is 0 Å². The largest absolute Gasteiger partial charge is 0.339 e. The van der Waals surface area contributed by atoms with Gasteiger partial charge in [-0.3, -0.25) is 0 Å². The zero-order chi connectivity index (χ0) is 20.2. The highest BCUT2D eigenvalue weighted by molar-refractivity contribution is 6.33. The van der Waals surface area contributed by atoms with Crippen LogP contribution >= 0.6 is 11.6 Å². The van der Waals surface area contributed by atoms with Crippen LogP contribution in [-0.2, 0) is 6.42 Å². The first kappa shape index (κ1) is 19.4. The summed E-state index contributed by atoms with van der Waals surface area (Å²) in [6, 6.07) is 13.3. The topological polar surface area (TPSA) is 71.3 Å². The second kappa shape index (κ2) is 8.61. The summed E-state index contributed by atoms with van der Waals surface area (Å²) in [6.07, 6.45) is 2.37. The highest BCUT2D eigenvalue weighted by Gasteiger charge is 2.26. The van der Waals surface area contributed by atoms with Gasteiger partial charge in [-0.05, 0) is 43.0 Å². The smallest absolute Gasteiger partial charge is 0.321 e. The van der Waals surface area contributed by atoms with Crippen molar-refractivity contribution in [3.05, 3.63) is 65.3 Å². The Balaban J connectivity index is 1.39. The maximum absolute atomic E-state index is 13.9. The second-order valence-corrected chi connectivity index (χ2v) is 7.47. The molecule has 1 saturated heterocycles. The average molecular weight is 415 g/mol. The Morgan fingerprint density at radius 1 is 1.24 bits per heavy atom. The van der Waals surface area contributed by atoms with Gasteiger partial charge in [-0.25, -0.2) is 9.18 Å². The Labute approximate surface area is 172 Å². The van der Waals surface area contributed by atoms with E-state index in [0.29, 0.717) is 41.7 Å². The lowest BCUT2D eigenvalue weighted by atomic mass is 9.95. The monoisotopic (exact) mass is 414 g/mol. The molecular formula is C21H20ClFN4O2. The van der Waals surface area contributed by atoms with Crippen molar-refractivity contribution in [2.45, 2.75) is 19.3 Å². The SMILES string of the molecule is O=C(Nc1ccccc1Cl)N1CCCC(Cc2nc(-c3ccccc3F)no2)C1. The summed E-state index contributed by atoms with van der Waals surface area (Å²) in [6.45, 7) is 1.25. The number of carbonyl (C=O) groups is 1. The molecular weight excluding hydrogens is 395 g/mol. The molecule has 0 aliphatic carbocycles. The third kappa shape index (κ3) is 4.56. The molecule has 1 atom stereocenters. The number of rotatable bonds is 4. The van der Waals surface area contributed by atoms with E-state index in [1.165, 1.54) is 6.07 Å². The number of para-hydroxylation sites is 1. The number of carbonyl (C=O) groups excluding carboxylic acids is 1. The lowest BCUT2D eigenvalue weighted by Crippen LogP contribution is -2.42. The van der Waals surface area contributed by atoms with Gasteiger partial charge in [-0.2, -0.15) is 4.98 Å². The summed E-state index contributed by atoms with van der Waals surface area (Å²) in [5.41, 5.74) is 0.902. The number of halogens is 2. The molecule has 1 unspecified atom stereocenters. The normalized spacial score (nSPS) is 16.6. The van der Waals surface area contributed by atoms with Crippen LogP contribution in [0.2, 0.25) is 5.02 Å². The number of hydrogen-bond acceptors (Lipinski definition) is 4. The van der Waals surface area contributed by atoms with Crippen molar-refractivity contribution < 1.29 is 13.7 Å². The van der Waals surface area contributed by atoms with E-state index in [-0.39, 0.29) is 23.6 Å². The second-order valence-electron chi connectivity index (χ2n) is 7.06. The molecule has 8 heteroatoms. The Kier molecular flexibility index (Phi) is 5.76. The zero-order valence-corrected chi connectivity index (χ0v) is 16.4. The highest BCUT2D eigenvalue weighted by atomic mass is 35.5. The lowest BCUT2D eigenvalue weighted by Gasteiger charge is -2.32. The van der Waals surface area contributed by atoms with Crippen LogP contribution < -0.4 is 5.32 Å². The summed E-state index contributed by atoms with van der Waals surface area (Å²) in [5, 5.41) is 7.26. The molecule has 1 N–H and O–H groups in total. The van der Waals surface area contributed by atoms with Gasteiger partial charge in [0.2, 0.25) is 11.7 Å². The molecule has 1 aromatic heterocycles. The van der Waals surface area contributed by atoms with E-state index in [1.807, 2.05) is 12.1 Å². The number of urea groups is 1. The molecule has 2 amide bonds. The maximum Gasteiger partial charge on any atom is 0.321 e. The molecule has 150 valence electrons. The quantitative estimate of drug-likeness (QED) is 0.651. The fourth-order valence-electron chi connectivity index (χ4n) is 3.51. The van der Waals surface area contributed by atoms with Gasteiger partial charge in [0.25, 0.3) is 0 Å².